The van der Waals surface area contributed by atoms with Gasteiger partial charge in [0, 0.05) is 12.5 Å². The lowest BCUT2D eigenvalue weighted by molar-refractivity contribution is 0.101. The summed E-state index contributed by atoms with van der Waals surface area (Å²) in [6.45, 7) is 6.19. The molecule has 1 aromatic carbocycles. The van der Waals surface area contributed by atoms with Gasteiger partial charge in [0.2, 0.25) is 0 Å². The van der Waals surface area contributed by atoms with E-state index in [-0.39, 0.29) is 11.7 Å². The Morgan fingerprint density at radius 1 is 1.17 bits per heavy atom. The number of Topliss-reactive ketones (excluding diaryl/α,β-unsaturated/α-hetero) is 1. The maximum absolute atomic E-state index is 12.3. The van der Waals surface area contributed by atoms with Crippen molar-refractivity contribution in [1.82, 2.24) is 4.98 Å². The third kappa shape index (κ3) is 4.29. The SMILES string of the molecule is CCOc1ccc(C(=O)Nc2ncc(C(C)=O)s2)cc1OCC. The van der Waals surface area contributed by atoms with Gasteiger partial charge in [-0.05, 0) is 32.0 Å². The molecule has 0 spiro atoms. The molecular formula is C16H18N2O4S. The van der Waals surface area contributed by atoms with E-state index in [1.807, 2.05) is 13.8 Å². The molecule has 0 aliphatic carbocycles. The number of nitrogens with one attached hydrogen (secondary N) is 1. The van der Waals surface area contributed by atoms with Crippen LogP contribution >= 0.6 is 11.3 Å². The molecule has 0 unspecified atom stereocenters. The third-order valence-corrected chi connectivity index (χ3v) is 3.89. The molecule has 7 heteroatoms. The van der Waals surface area contributed by atoms with Crippen LogP contribution in [-0.2, 0) is 0 Å². The summed E-state index contributed by atoms with van der Waals surface area (Å²) in [6.07, 6.45) is 1.45. The van der Waals surface area contributed by atoms with Crippen molar-refractivity contribution in [3.63, 3.8) is 0 Å². The lowest BCUT2D eigenvalue weighted by Crippen LogP contribution is -2.12. The molecule has 0 aliphatic heterocycles. The molecular weight excluding hydrogens is 316 g/mol. The molecule has 0 radical (unpaired) electrons. The Hall–Kier alpha value is -2.41. The van der Waals surface area contributed by atoms with Crippen LogP contribution in [-0.4, -0.2) is 29.9 Å². The highest BCUT2D eigenvalue weighted by atomic mass is 32.1. The van der Waals surface area contributed by atoms with Crippen LogP contribution < -0.4 is 14.8 Å². The highest BCUT2D eigenvalue weighted by molar-refractivity contribution is 7.17. The first-order valence-corrected chi connectivity index (χ1v) is 8.04. The molecule has 6 nitrogen and oxygen atoms in total. The number of hydrogen-bond acceptors (Lipinski definition) is 6. The Kier molecular flexibility index (Phi) is 5.70. The van der Waals surface area contributed by atoms with Gasteiger partial charge in [-0.25, -0.2) is 4.98 Å². The lowest BCUT2D eigenvalue weighted by Gasteiger charge is -2.12. The number of carbonyl (C=O) groups is 2. The number of ketones is 1. The molecule has 0 bridgehead atoms. The van der Waals surface area contributed by atoms with Crippen molar-refractivity contribution in [3.05, 3.63) is 34.8 Å². The summed E-state index contributed by atoms with van der Waals surface area (Å²) in [5.41, 5.74) is 0.427. The number of carbonyl (C=O) groups excluding carboxylic acids is 2. The lowest BCUT2D eigenvalue weighted by atomic mass is 10.2. The molecule has 0 saturated heterocycles. The maximum atomic E-state index is 12.3. The van der Waals surface area contributed by atoms with Gasteiger partial charge in [0.15, 0.2) is 22.4 Å². The summed E-state index contributed by atoms with van der Waals surface area (Å²) in [4.78, 5) is 28.1. The van der Waals surface area contributed by atoms with Gasteiger partial charge in [0.25, 0.3) is 5.91 Å². The van der Waals surface area contributed by atoms with Crippen LogP contribution in [0.25, 0.3) is 0 Å². The molecule has 1 aromatic heterocycles. The Labute approximate surface area is 138 Å². The fourth-order valence-corrected chi connectivity index (χ4v) is 2.56. The predicted molar refractivity (Wildman–Crippen MR) is 88.9 cm³/mol. The van der Waals surface area contributed by atoms with Gasteiger partial charge in [-0.15, -0.1) is 0 Å². The summed E-state index contributed by atoms with van der Waals surface area (Å²) in [7, 11) is 0. The zero-order valence-corrected chi connectivity index (χ0v) is 14.0. The highest BCUT2D eigenvalue weighted by Gasteiger charge is 2.14. The number of aromatic nitrogens is 1. The molecule has 122 valence electrons. The zero-order valence-electron chi connectivity index (χ0n) is 13.2. The van der Waals surface area contributed by atoms with Crippen LogP contribution in [0.1, 0.15) is 40.8 Å². The topological polar surface area (TPSA) is 77.5 Å². The largest absolute Gasteiger partial charge is 0.490 e. The average molecular weight is 334 g/mol. The van der Waals surface area contributed by atoms with Crippen molar-refractivity contribution < 1.29 is 19.1 Å². The molecule has 0 aliphatic rings. The first kappa shape index (κ1) is 17.0. The Bertz CT molecular complexity index is 712. The third-order valence-electron chi connectivity index (χ3n) is 2.88. The van der Waals surface area contributed by atoms with Crippen LogP contribution in [0, 0.1) is 0 Å². The molecule has 2 rings (SSSR count). The van der Waals surface area contributed by atoms with Gasteiger partial charge in [-0.2, -0.15) is 0 Å². The van der Waals surface area contributed by atoms with Crippen molar-refractivity contribution in [2.75, 3.05) is 18.5 Å². The Balaban J connectivity index is 2.17. The molecule has 0 fully saturated rings. The van der Waals surface area contributed by atoms with E-state index in [9.17, 15) is 9.59 Å². The Morgan fingerprint density at radius 3 is 2.48 bits per heavy atom. The summed E-state index contributed by atoms with van der Waals surface area (Å²) in [5, 5.41) is 3.06. The van der Waals surface area contributed by atoms with E-state index in [4.69, 9.17) is 9.47 Å². The number of nitrogens with zero attached hydrogens (tertiary/aromatic N) is 1. The van der Waals surface area contributed by atoms with Gasteiger partial charge in [-0.1, -0.05) is 11.3 Å². The molecule has 23 heavy (non-hydrogen) atoms. The number of rotatable bonds is 7. The first-order valence-electron chi connectivity index (χ1n) is 7.22. The minimum atomic E-state index is -0.321. The minimum Gasteiger partial charge on any atom is -0.490 e. The molecule has 2 aromatic rings. The quantitative estimate of drug-likeness (QED) is 0.785. The molecule has 1 amide bonds. The monoisotopic (exact) mass is 334 g/mol. The molecule has 1 N–H and O–H groups in total. The number of amides is 1. The fraction of sp³-hybridized carbons (Fsp3) is 0.312. The van der Waals surface area contributed by atoms with Crippen molar-refractivity contribution >= 4 is 28.2 Å². The van der Waals surface area contributed by atoms with Gasteiger partial charge in [-0.3, -0.25) is 14.9 Å². The summed E-state index contributed by atoms with van der Waals surface area (Å²) in [6, 6.07) is 4.98. The van der Waals surface area contributed by atoms with E-state index in [0.717, 1.165) is 11.3 Å². The van der Waals surface area contributed by atoms with E-state index < -0.39 is 0 Å². The van der Waals surface area contributed by atoms with Crippen LogP contribution in [0.2, 0.25) is 0 Å². The number of anilines is 1. The van der Waals surface area contributed by atoms with E-state index in [2.05, 4.69) is 10.3 Å². The molecule has 0 atom stereocenters. The normalized spacial score (nSPS) is 10.2. The van der Waals surface area contributed by atoms with Gasteiger partial charge in [0.1, 0.15) is 0 Å². The van der Waals surface area contributed by atoms with Crippen molar-refractivity contribution in [3.8, 4) is 11.5 Å². The minimum absolute atomic E-state index is 0.0808. The second-order valence-corrected chi connectivity index (χ2v) is 5.60. The molecule has 1 heterocycles. The number of ether oxygens (including phenoxy) is 2. The second-order valence-electron chi connectivity index (χ2n) is 4.57. The van der Waals surface area contributed by atoms with E-state index in [1.165, 1.54) is 13.1 Å². The smallest absolute Gasteiger partial charge is 0.257 e. The van der Waals surface area contributed by atoms with Gasteiger partial charge >= 0.3 is 0 Å². The van der Waals surface area contributed by atoms with Crippen molar-refractivity contribution in [1.29, 1.82) is 0 Å². The maximum Gasteiger partial charge on any atom is 0.257 e. The zero-order chi connectivity index (χ0) is 16.8. The van der Waals surface area contributed by atoms with Crippen LogP contribution in [0.5, 0.6) is 11.5 Å². The van der Waals surface area contributed by atoms with Gasteiger partial charge < -0.3 is 9.47 Å². The summed E-state index contributed by atoms with van der Waals surface area (Å²) in [5.74, 6) is 0.714. The van der Waals surface area contributed by atoms with E-state index in [0.29, 0.717) is 40.3 Å². The number of thiazole rings is 1. The van der Waals surface area contributed by atoms with Crippen LogP contribution in [0.3, 0.4) is 0 Å². The first-order chi connectivity index (χ1) is 11.0. The average Bonchev–Trinajstić information content (AvgIpc) is 2.98. The standard InChI is InChI=1S/C16H18N2O4S/c1-4-21-12-7-6-11(8-13(12)22-5-2)15(20)18-16-17-9-14(23-16)10(3)19/h6-9H,4-5H2,1-3H3,(H,17,18,20). The molecule has 0 saturated carbocycles. The highest BCUT2D eigenvalue weighted by Crippen LogP contribution is 2.29. The van der Waals surface area contributed by atoms with Crippen molar-refractivity contribution in [2.24, 2.45) is 0 Å². The summed E-state index contributed by atoms with van der Waals surface area (Å²) < 4.78 is 11.0. The van der Waals surface area contributed by atoms with E-state index in [1.54, 1.807) is 18.2 Å². The van der Waals surface area contributed by atoms with Gasteiger partial charge in [0.05, 0.1) is 24.3 Å². The van der Waals surface area contributed by atoms with Crippen molar-refractivity contribution in [2.45, 2.75) is 20.8 Å². The second kappa shape index (κ2) is 7.73. The number of benzene rings is 1. The summed E-state index contributed by atoms with van der Waals surface area (Å²) >= 11 is 1.14. The number of hydrogen-bond donors (Lipinski definition) is 1. The predicted octanol–water partition coefficient (Wildman–Crippen LogP) is 3.40. The van der Waals surface area contributed by atoms with Crippen LogP contribution in [0.4, 0.5) is 5.13 Å². The van der Waals surface area contributed by atoms with Crippen LogP contribution in [0.15, 0.2) is 24.4 Å². The van der Waals surface area contributed by atoms with E-state index >= 15 is 0 Å². The fourth-order valence-electron chi connectivity index (χ4n) is 1.86. The Morgan fingerprint density at radius 2 is 1.87 bits per heavy atom.